The number of hydrogen-bond acceptors (Lipinski definition) is 4. The van der Waals surface area contributed by atoms with Gasteiger partial charge in [0, 0.05) is 31.8 Å². The van der Waals surface area contributed by atoms with E-state index in [4.69, 9.17) is 9.47 Å². The predicted molar refractivity (Wildman–Crippen MR) is 111 cm³/mol. The van der Waals surface area contributed by atoms with Crippen molar-refractivity contribution in [3.8, 4) is 11.5 Å². The van der Waals surface area contributed by atoms with E-state index in [1.165, 1.54) is 11.9 Å². The molecule has 0 unspecified atom stereocenters. The Bertz CT molecular complexity index is 614. The van der Waals surface area contributed by atoms with Crippen LogP contribution in [0.2, 0.25) is 0 Å². The molecule has 2 N–H and O–H groups in total. The summed E-state index contributed by atoms with van der Waals surface area (Å²) in [6, 6.07) is 5.53. The summed E-state index contributed by atoms with van der Waals surface area (Å²) in [5, 5.41) is 6.22. The number of hydrogen-bond donors (Lipinski definition) is 2. The molecule has 154 valence electrons. The number of guanidine groups is 1. The van der Waals surface area contributed by atoms with Gasteiger partial charge in [-0.25, -0.2) is 0 Å². The van der Waals surface area contributed by atoms with Gasteiger partial charge >= 0.3 is 6.18 Å². The van der Waals surface area contributed by atoms with Crippen LogP contribution in [0.1, 0.15) is 12.8 Å². The smallest absolute Gasteiger partial charge is 0.401 e. The van der Waals surface area contributed by atoms with Crippen molar-refractivity contribution in [1.82, 2.24) is 10.2 Å². The van der Waals surface area contributed by atoms with Crippen LogP contribution in [0.25, 0.3) is 0 Å². The molecule has 0 fully saturated rings. The number of nitrogens with one attached hydrogen (secondary N) is 2. The largest absolute Gasteiger partial charge is 0.490 e. The summed E-state index contributed by atoms with van der Waals surface area (Å²) in [6.45, 7) is 1.18. The van der Waals surface area contributed by atoms with Crippen LogP contribution in [0.5, 0.6) is 11.5 Å². The molecular weight excluding hydrogens is 476 g/mol. The molecule has 0 aliphatic carbocycles. The van der Waals surface area contributed by atoms with E-state index in [2.05, 4.69) is 15.6 Å². The van der Waals surface area contributed by atoms with Crippen LogP contribution in [0.3, 0.4) is 0 Å². The van der Waals surface area contributed by atoms with Crippen LogP contribution in [0, 0.1) is 0 Å². The highest BCUT2D eigenvalue weighted by Gasteiger charge is 2.28. The lowest BCUT2D eigenvalue weighted by atomic mass is 10.2. The standard InChI is InChI=1S/C17H25F3N4O2.HI/c1-21-16(22-7-3-8-24(2)12-17(18,19)20)23-13-5-6-14-15(11-13)26-10-4-9-25-14;/h5-6,11H,3-4,7-10,12H2,1-2H3,(H2,21,22,23);1H. The first-order valence-corrected chi connectivity index (χ1v) is 8.50. The third kappa shape index (κ3) is 8.87. The fourth-order valence-corrected chi connectivity index (χ4v) is 2.50. The molecule has 1 heterocycles. The maximum absolute atomic E-state index is 12.3. The van der Waals surface area contributed by atoms with Gasteiger partial charge in [-0.1, -0.05) is 0 Å². The molecule has 0 atom stereocenters. The van der Waals surface area contributed by atoms with Crippen LogP contribution in [-0.4, -0.2) is 64.0 Å². The fraction of sp³-hybridized carbons (Fsp3) is 0.588. The molecule has 1 aliphatic rings. The summed E-state index contributed by atoms with van der Waals surface area (Å²) in [6.07, 6.45) is -2.77. The molecule has 1 aromatic carbocycles. The topological polar surface area (TPSA) is 58.1 Å². The Hall–Kier alpha value is -1.43. The molecule has 0 bridgehead atoms. The number of aliphatic imine (C=N–C) groups is 1. The maximum Gasteiger partial charge on any atom is 0.401 e. The van der Waals surface area contributed by atoms with Crippen molar-refractivity contribution < 1.29 is 22.6 Å². The fourth-order valence-electron chi connectivity index (χ4n) is 2.50. The van der Waals surface area contributed by atoms with Gasteiger partial charge in [0.15, 0.2) is 17.5 Å². The Morgan fingerprint density at radius 3 is 2.59 bits per heavy atom. The summed E-state index contributed by atoms with van der Waals surface area (Å²) < 4.78 is 48.1. The molecule has 0 saturated carbocycles. The summed E-state index contributed by atoms with van der Waals surface area (Å²) >= 11 is 0. The summed E-state index contributed by atoms with van der Waals surface area (Å²) in [7, 11) is 3.09. The van der Waals surface area contributed by atoms with E-state index < -0.39 is 12.7 Å². The average Bonchev–Trinajstić information content (AvgIpc) is 2.80. The first kappa shape index (κ1) is 23.6. The zero-order valence-electron chi connectivity index (χ0n) is 15.4. The SMILES string of the molecule is CN=C(NCCCN(C)CC(F)(F)F)Nc1ccc2c(c1)OCCCO2.I. The Morgan fingerprint density at radius 1 is 1.22 bits per heavy atom. The number of benzene rings is 1. The number of ether oxygens (including phenoxy) is 2. The summed E-state index contributed by atoms with van der Waals surface area (Å²) in [4.78, 5) is 5.37. The van der Waals surface area contributed by atoms with Crippen molar-refractivity contribution in [2.45, 2.75) is 19.0 Å². The van der Waals surface area contributed by atoms with E-state index in [0.717, 1.165) is 12.1 Å². The van der Waals surface area contributed by atoms with Crippen molar-refractivity contribution >= 4 is 35.6 Å². The first-order chi connectivity index (χ1) is 12.4. The molecule has 27 heavy (non-hydrogen) atoms. The Morgan fingerprint density at radius 2 is 1.93 bits per heavy atom. The number of anilines is 1. The van der Waals surface area contributed by atoms with E-state index in [0.29, 0.717) is 50.2 Å². The van der Waals surface area contributed by atoms with Crippen LogP contribution in [-0.2, 0) is 0 Å². The third-order valence-corrected chi connectivity index (χ3v) is 3.69. The molecule has 6 nitrogen and oxygen atoms in total. The highest BCUT2D eigenvalue weighted by Crippen LogP contribution is 2.32. The Kier molecular flexibility index (Phi) is 9.99. The lowest BCUT2D eigenvalue weighted by molar-refractivity contribution is -0.143. The van der Waals surface area contributed by atoms with Crippen LogP contribution >= 0.6 is 24.0 Å². The number of nitrogens with zero attached hydrogens (tertiary/aromatic N) is 2. The molecule has 0 saturated heterocycles. The van der Waals surface area contributed by atoms with Crippen molar-refractivity contribution in [2.24, 2.45) is 4.99 Å². The lowest BCUT2D eigenvalue weighted by Crippen LogP contribution is -2.35. The van der Waals surface area contributed by atoms with Gasteiger partial charge in [-0.3, -0.25) is 9.89 Å². The summed E-state index contributed by atoms with van der Waals surface area (Å²) in [5.41, 5.74) is 0.788. The summed E-state index contributed by atoms with van der Waals surface area (Å²) in [5.74, 6) is 1.93. The van der Waals surface area contributed by atoms with E-state index in [1.807, 2.05) is 18.2 Å². The van der Waals surface area contributed by atoms with E-state index in [9.17, 15) is 13.2 Å². The van der Waals surface area contributed by atoms with Crippen molar-refractivity contribution in [1.29, 1.82) is 0 Å². The zero-order chi connectivity index (χ0) is 19.0. The van der Waals surface area contributed by atoms with E-state index in [1.54, 1.807) is 7.05 Å². The van der Waals surface area contributed by atoms with Gasteiger partial charge in [-0.15, -0.1) is 24.0 Å². The second kappa shape index (κ2) is 11.4. The van der Waals surface area contributed by atoms with Crippen molar-refractivity contribution in [3.05, 3.63) is 18.2 Å². The average molecular weight is 502 g/mol. The second-order valence-electron chi connectivity index (χ2n) is 6.04. The molecule has 1 aromatic rings. The quantitative estimate of drug-likeness (QED) is 0.271. The molecular formula is C17H26F3IN4O2. The molecule has 0 radical (unpaired) electrons. The number of halogens is 4. The molecule has 0 amide bonds. The minimum Gasteiger partial charge on any atom is -0.490 e. The number of rotatable bonds is 6. The molecule has 0 spiro atoms. The molecule has 1 aliphatic heterocycles. The minimum absolute atomic E-state index is 0. The third-order valence-electron chi connectivity index (χ3n) is 3.69. The molecule has 0 aromatic heterocycles. The van der Waals surface area contributed by atoms with Gasteiger partial charge in [0.1, 0.15) is 0 Å². The lowest BCUT2D eigenvalue weighted by Gasteiger charge is -2.19. The number of fused-ring (bicyclic) bond motifs is 1. The highest BCUT2D eigenvalue weighted by molar-refractivity contribution is 14.0. The van der Waals surface area contributed by atoms with Crippen LogP contribution in [0.4, 0.5) is 18.9 Å². The van der Waals surface area contributed by atoms with E-state index >= 15 is 0 Å². The maximum atomic E-state index is 12.3. The zero-order valence-corrected chi connectivity index (χ0v) is 17.8. The molecule has 10 heteroatoms. The predicted octanol–water partition coefficient (Wildman–Crippen LogP) is 3.34. The van der Waals surface area contributed by atoms with Gasteiger partial charge < -0.3 is 20.1 Å². The van der Waals surface area contributed by atoms with Gasteiger partial charge in [-0.2, -0.15) is 13.2 Å². The second-order valence-corrected chi connectivity index (χ2v) is 6.04. The van der Waals surface area contributed by atoms with Crippen LogP contribution in [0.15, 0.2) is 23.2 Å². The highest BCUT2D eigenvalue weighted by atomic mass is 127. The normalized spacial score (nSPS) is 14.4. The van der Waals surface area contributed by atoms with Crippen molar-refractivity contribution in [3.63, 3.8) is 0 Å². The monoisotopic (exact) mass is 502 g/mol. The van der Waals surface area contributed by atoms with Gasteiger partial charge in [-0.05, 0) is 32.1 Å². The first-order valence-electron chi connectivity index (χ1n) is 8.50. The Balaban J connectivity index is 0.00000364. The van der Waals surface area contributed by atoms with E-state index in [-0.39, 0.29) is 24.0 Å². The van der Waals surface area contributed by atoms with Crippen LogP contribution < -0.4 is 20.1 Å². The van der Waals surface area contributed by atoms with Gasteiger partial charge in [0.25, 0.3) is 0 Å². The van der Waals surface area contributed by atoms with Gasteiger partial charge in [0.2, 0.25) is 0 Å². The Labute approximate surface area is 174 Å². The minimum atomic E-state index is -4.17. The van der Waals surface area contributed by atoms with Gasteiger partial charge in [0.05, 0.1) is 19.8 Å². The number of alkyl halides is 3. The molecule has 2 rings (SSSR count). The van der Waals surface area contributed by atoms with Crippen molar-refractivity contribution in [2.75, 3.05) is 52.3 Å².